The lowest BCUT2D eigenvalue weighted by molar-refractivity contribution is -0.118. The van der Waals surface area contributed by atoms with Gasteiger partial charge in [-0.15, -0.1) is 0 Å². The first-order valence-corrected chi connectivity index (χ1v) is 6.11. The Hall–Kier alpha value is -1.57. The molecule has 0 saturated carbocycles. The van der Waals surface area contributed by atoms with E-state index in [2.05, 4.69) is 37.4 Å². The topological polar surface area (TPSA) is 29.1 Å². The lowest BCUT2D eigenvalue weighted by atomic mass is 9.84. The fraction of sp³-hybridized carbons (Fsp3) is 0.400. The van der Waals surface area contributed by atoms with Gasteiger partial charge in [0.2, 0.25) is 5.91 Å². The summed E-state index contributed by atoms with van der Waals surface area (Å²) in [7, 11) is 0. The summed E-state index contributed by atoms with van der Waals surface area (Å²) in [6.45, 7) is 6.59. The molecule has 0 radical (unpaired) electrons. The summed E-state index contributed by atoms with van der Waals surface area (Å²) in [5.74, 6) is 0.0420. The number of carbonyl (C=O) groups excluding carboxylic acids is 1. The van der Waals surface area contributed by atoms with Crippen molar-refractivity contribution in [1.29, 1.82) is 0 Å². The zero-order valence-electron chi connectivity index (χ0n) is 10.8. The second-order valence-corrected chi connectivity index (χ2v) is 4.74. The lowest BCUT2D eigenvalue weighted by Crippen LogP contribution is -2.24. The van der Waals surface area contributed by atoms with Crippen molar-refractivity contribution in [3.05, 3.63) is 40.5 Å². The van der Waals surface area contributed by atoms with E-state index in [4.69, 9.17) is 0 Å². The molecule has 0 heterocycles. The summed E-state index contributed by atoms with van der Waals surface area (Å²) < 4.78 is 0. The zero-order chi connectivity index (χ0) is 12.4. The van der Waals surface area contributed by atoms with Gasteiger partial charge in [0.05, 0.1) is 0 Å². The molecular formula is C15H19NO. The van der Waals surface area contributed by atoms with E-state index in [1.165, 1.54) is 27.8 Å². The normalized spacial score (nSPS) is 14.5. The van der Waals surface area contributed by atoms with Crippen molar-refractivity contribution >= 4 is 11.5 Å². The minimum absolute atomic E-state index is 0.0420. The molecule has 2 rings (SSSR count). The highest BCUT2D eigenvalue weighted by atomic mass is 16.1. The van der Waals surface area contributed by atoms with Crippen molar-refractivity contribution in [3.8, 4) is 0 Å². The van der Waals surface area contributed by atoms with Crippen LogP contribution in [0.3, 0.4) is 0 Å². The van der Waals surface area contributed by atoms with Crippen molar-refractivity contribution in [1.82, 2.24) is 5.32 Å². The van der Waals surface area contributed by atoms with Crippen LogP contribution in [0.1, 0.15) is 37.0 Å². The van der Waals surface area contributed by atoms with E-state index >= 15 is 0 Å². The van der Waals surface area contributed by atoms with Crippen LogP contribution in [-0.2, 0) is 11.2 Å². The molecule has 17 heavy (non-hydrogen) atoms. The van der Waals surface area contributed by atoms with Crippen LogP contribution in [0.2, 0.25) is 0 Å². The van der Waals surface area contributed by atoms with E-state index < -0.39 is 0 Å². The molecule has 0 atom stereocenters. The number of hydrogen-bond donors (Lipinski definition) is 1. The first kappa shape index (κ1) is 11.9. The minimum Gasteiger partial charge on any atom is -0.353 e. The number of rotatable bonds is 2. The van der Waals surface area contributed by atoms with Crippen molar-refractivity contribution in [2.24, 2.45) is 0 Å². The molecule has 0 aromatic heterocycles. The van der Waals surface area contributed by atoms with Crippen LogP contribution >= 0.6 is 0 Å². The number of carbonyl (C=O) groups is 1. The van der Waals surface area contributed by atoms with Crippen LogP contribution in [0.15, 0.2) is 23.8 Å². The van der Waals surface area contributed by atoms with Crippen LogP contribution < -0.4 is 5.32 Å². The number of aryl methyl sites for hydroxylation is 1. The first-order valence-electron chi connectivity index (χ1n) is 6.11. The number of nitrogens with one attached hydrogen (secondary N) is 1. The Morgan fingerprint density at radius 2 is 2.06 bits per heavy atom. The molecule has 90 valence electrons. The van der Waals surface area contributed by atoms with Gasteiger partial charge in [-0.2, -0.15) is 0 Å². The second kappa shape index (κ2) is 4.74. The number of allylic oxidation sites excluding steroid dienone is 1. The quantitative estimate of drug-likeness (QED) is 0.830. The summed E-state index contributed by atoms with van der Waals surface area (Å²) in [5, 5.41) is 2.89. The van der Waals surface area contributed by atoms with Crippen LogP contribution in [0.25, 0.3) is 5.57 Å². The second-order valence-electron chi connectivity index (χ2n) is 4.74. The summed E-state index contributed by atoms with van der Waals surface area (Å²) in [6.07, 6.45) is 2.15. The fourth-order valence-electron chi connectivity index (χ4n) is 2.49. The summed E-state index contributed by atoms with van der Waals surface area (Å²) in [6, 6.07) is 6.47. The van der Waals surface area contributed by atoms with Gasteiger partial charge in [-0.25, -0.2) is 0 Å². The summed E-state index contributed by atoms with van der Waals surface area (Å²) in [5.41, 5.74) is 6.90. The van der Waals surface area contributed by atoms with Crippen molar-refractivity contribution < 1.29 is 4.79 Å². The molecule has 2 nitrogen and oxygen atoms in total. The van der Waals surface area contributed by atoms with E-state index in [1.807, 2.05) is 0 Å². The Morgan fingerprint density at radius 3 is 2.76 bits per heavy atom. The Labute approximate surface area is 103 Å². The molecule has 1 N–H and O–H groups in total. The van der Waals surface area contributed by atoms with Gasteiger partial charge in [0.15, 0.2) is 0 Å². The van der Waals surface area contributed by atoms with E-state index in [9.17, 15) is 4.79 Å². The lowest BCUT2D eigenvalue weighted by Gasteiger charge is -2.23. The molecule has 2 heteroatoms. The molecule has 0 aliphatic heterocycles. The average molecular weight is 229 g/mol. The molecule has 0 fully saturated rings. The maximum atomic E-state index is 11.0. The van der Waals surface area contributed by atoms with Gasteiger partial charge in [-0.05, 0) is 54.5 Å². The van der Waals surface area contributed by atoms with Crippen molar-refractivity contribution in [3.63, 3.8) is 0 Å². The van der Waals surface area contributed by atoms with Crippen LogP contribution in [0.5, 0.6) is 0 Å². The third-order valence-corrected chi connectivity index (χ3v) is 3.57. The van der Waals surface area contributed by atoms with E-state index in [-0.39, 0.29) is 5.91 Å². The fourth-order valence-corrected chi connectivity index (χ4v) is 2.49. The van der Waals surface area contributed by atoms with Crippen molar-refractivity contribution in [2.45, 2.75) is 33.6 Å². The molecule has 1 amide bonds. The van der Waals surface area contributed by atoms with Crippen LogP contribution in [0, 0.1) is 6.92 Å². The third-order valence-electron chi connectivity index (χ3n) is 3.57. The first-order chi connectivity index (χ1) is 8.09. The van der Waals surface area contributed by atoms with Gasteiger partial charge in [0, 0.05) is 13.5 Å². The van der Waals surface area contributed by atoms with Gasteiger partial charge in [-0.1, -0.05) is 18.2 Å². The molecular weight excluding hydrogens is 210 g/mol. The molecule has 0 spiro atoms. The van der Waals surface area contributed by atoms with Gasteiger partial charge in [0.1, 0.15) is 0 Å². The molecule has 1 aromatic carbocycles. The maximum Gasteiger partial charge on any atom is 0.217 e. The zero-order valence-corrected chi connectivity index (χ0v) is 10.8. The molecule has 0 unspecified atom stereocenters. The Bertz CT molecular complexity index is 486. The van der Waals surface area contributed by atoms with E-state index in [1.54, 1.807) is 6.92 Å². The predicted molar refractivity (Wildman–Crippen MR) is 70.8 cm³/mol. The predicted octanol–water partition coefficient (Wildman–Crippen LogP) is 2.85. The number of fused-ring (bicyclic) bond motifs is 1. The molecule has 1 aliphatic rings. The van der Waals surface area contributed by atoms with Crippen LogP contribution in [0.4, 0.5) is 0 Å². The highest BCUT2D eigenvalue weighted by Gasteiger charge is 2.16. The highest BCUT2D eigenvalue weighted by Crippen LogP contribution is 2.32. The number of hydrogen-bond acceptors (Lipinski definition) is 1. The number of amides is 1. The molecule has 0 bridgehead atoms. The Morgan fingerprint density at radius 1 is 1.29 bits per heavy atom. The standard InChI is InChI=1S/C15H19NO/c1-10-5-4-6-15-11(2)13(7-8-14(10)15)9-16-12(3)17/h4-6H,7-9H2,1-3H3,(H,16,17). The van der Waals surface area contributed by atoms with Gasteiger partial charge in [-0.3, -0.25) is 4.79 Å². The summed E-state index contributed by atoms with van der Waals surface area (Å²) >= 11 is 0. The Kier molecular flexibility index (Phi) is 3.32. The van der Waals surface area contributed by atoms with Crippen LogP contribution in [-0.4, -0.2) is 12.5 Å². The molecule has 0 saturated heterocycles. The van der Waals surface area contributed by atoms with E-state index in [0.29, 0.717) is 6.54 Å². The smallest absolute Gasteiger partial charge is 0.217 e. The molecule has 1 aromatic rings. The largest absolute Gasteiger partial charge is 0.353 e. The SMILES string of the molecule is CC(=O)NCC1=C(C)c2cccc(C)c2CC1. The average Bonchev–Trinajstić information content (AvgIpc) is 2.29. The van der Waals surface area contributed by atoms with Crippen molar-refractivity contribution in [2.75, 3.05) is 6.54 Å². The van der Waals surface area contributed by atoms with E-state index in [0.717, 1.165) is 12.8 Å². The van der Waals surface area contributed by atoms with Gasteiger partial charge < -0.3 is 5.32 Å². The molecule has 1 aliphatic carbocycles. The monoisotopic (exact) mass is 229 g/mol. The highest BCUT2D eigenvalue weighted by molar-refractivity contribution is 5.76. The summed E-state index contributed by atoms with van der Waals surface area (Å²) in [4.78, 5) is 11.0. The Balaban J connectivity index is 2.31. The minimum atomic E-state index is 0.0420. The third kappa shape index (κ3) is 2.41. The van der Waals surface area contributed by atoms with Gasteiger partial charge in [0.25, 0.3) is 0 Å². The van der Waals surface area contributed by atoms with Gasteiger partial charge >= 0.3 is 0 Å². The number of benzene rings is 1. The maximum absolute atomic E-state index is 11.0.